The average Bonchev–Trinajstić information content (AvgIpc) is 2.76. The summed E-state index contributed by atoms with van der Waals surface area (Å²) < 4.78 is 7.59. The number of thiocarbonyl (C=S) groups is 1. The second-order valence-corrected chi connectivity index (χ2v) is 5.81. The molecular formula is C15H18N4OS. The number of fused-ring (bicyclic) bond motifs is 1. The molecule has 0 radical (unpaired) electrons. The second-order valence-electron chi connectivity index (χ2n) is 5.37. The van der Waals surface area contributed by atoms with Crippen LogP contribution in [0.4, 0.5) is 0 Å². The lowest BCUT2D eigenvalue weighted by molar-refractivity contribution is 0.411. The summed E-state index contributed by atoms with van der Waals surface area (Å²) in [6.07, 6.45) is 4.36. The predicted molar refractivity (Wildman–Crippen MR) is 84.8 cm³/mol. The third kappa shape index (κ3) is 2.76. The SMILES string of the molecule is Cc1cc(Oc2nc3c(cc2C(N)=S)CCCC3)n(C)n1. The summed E-state index contributed by atoms with van der Waals surface area (Å²) in [5.74, 6) is 1.11. The van der Waals surface area contributed by atoms with Crippen LogP contribution in [0.15, 0.2) is 12.1 Å². The van der Waals surface area contributed by atoms with Gasteiger partial charge in [0.15, 0.2) is 0 Å². The first-order valence-corrected chi connectivity index (χ1v) is 7.46. The molecule has 6 heteroatoms. The van der Waals surface area contributed by atoms with Crippen molar-refractivity contribution in [2.75, 3.05) is 0 Å². The van der Waals surface area contributed by atoms with Gasteiger partial charge in [-0.25, -0.2) is 9.67 Å². The molecule has 2 N–H and O–H groups in total. The number of ether oxygens (including phenoxy) is 1. The Morgan fingerprint density at radius 1 is 1.33 bits per heavy atom. The molecule has 0 spiro atoms. The number of aromatic nitrogens is 3. The van der Waals surface area contributed by atoms with Crippen LogP contribution in [0.3, 0.4) is 0 Å². The van der Waals surface area contributed by atoms with Crippen molar-refractivity contribution in [3.05, 3.63) is 34.6 Å². The summed E-state index contributed by atoms with van der Waals surface area (Å²) in [7, 11) is 1.83. The summed E-state index contributed by atoms with van der Waals surface area (Å²) in [6.45, 7) is 1.92. The summed E-state index contributed by atoms with van der Waals surface area (Å²) >= 11 is 5.14. The van der Waals surface area contributed by atoms with Gasteiger partial charge in [-0.2, -0.15) is 5.10 Å². The molecule has 0 saturated carbocycles. The molecular weight excluding hydrogens is 284 g/mol. The Kier molecular flexibility index (Phi) is 3.63. The third-order valence-electron chi connectivity index (χ3n) is 3.69. The lowest BCUT2D eigenvalue weighted by Crippen LogP contribution is -2.16. The van der Waals surface area contributed by atoms with Crippen LogP contribution in [-0.2, 0) is 19.9 Å². The largest absolute Gasteiger partial charge is 0.420 e. The van der Waals surface area contributed by atoms with E-state index in [-0.39, 0.29) is 0 Å². The van der Waals surface area contributed by atoms with E-state index in [0.29, 0.717) is 22.3 Å². The van der Waals surface area contributed by atoms with Gasteiger partial charge in [0, 0.05) is 18.8 Å². The Labute approximate surface area is 129 Å². The van der Waals surface area contributed by atoms with Gasteiger partial charge in [-0.15, -0.1) is 0 Å². The van der Waals surface area contributed by atoms with Crippen molar-refractivity contribution in [1.29, 1.82) is 0 Å². The lowest BCUT2D eigenvalue weighted by Gasteiger charge is -2.18. The van der Waals surface area contributed by atoms with Gasteiger partial charge in [0.05, 0.1) is 11.3 Å². The second kappa shape index (κ2) is 5.44. The maximum absolute atomic E-state index is 5.91. The Balaban J connectivity index is 2.03. The molecule has 21 heavy (non-hydrogen) atoms. The van der Waals surface area contributed by atoms with Crippen molar-refractivity contribution in [3.63, 3.8) is 0 Å². The van der Waals surface area contributed by atoms with Gasteiger partial charge >= 0.3 is 0 Å². The first-order valence-electron chi connectivity index (χ1n) is 7.05. The number of hydrogen-bond acceptors (Lipinski definition) is 4. The van der Waals surface area contributed by atoms with E-state index in [1.807, 2.05) is 26.1 Å². The van der Waals surface area contributed by atoms with Crippen molar-refractivity contribution >= 4 is 17.2 Å². The van der Waals surface area contributed by atoms with Gasteiger partial charge in [-0.05, 0) is 44.2 Å². The highest BCUT2D eigenvalue weighted by Gasteiger charge is 2.18. The topological polar surface area (TPSA) is 66.0 Å². The molecule has 0 aromatic carbocycles. The van der Waals surface area contributed by atoms with Gasteiger partial charge in [0.1, 0.15) is 4.99 Å². The Hall–Kier alpha value is -1.95. The van der Waals surface area contributed by atoms with Gasteiger partial charge in [0.25, 0.3) is 0 Å². The Bertz CT molecular complexity index is 708. The molecule has 1 aliphatic carbocycles. The van der Waals surface area contributed by atoms with Crippen molar-refractivity contribution in [2.45, 2.75) is 32.6 Å². The lowest BCUT2D eigenvalue weighted by atomic mass is 9.95. The van der Waals surface area contributed by atoms with Crippen LogP contribution in [0.1, 0.15) is 35.4 Å². The van der Waals surface area contributed by atoms with Gasteiger partial charge < -0.3 is 10.5 Å². The van der Waals surface area contributed by atoms with Crippen LogP contribution in [0.25, 0.3) is 0 Å². The van der Waals surface area contributed by atoms with Gasteiger partial charge in [0.2, 0.25) is 11.8 Å². The normalized spacial score (nSPS) is 13.8. The molecule has 0 unspecified atom stereocenters. The molecule has 0 saturated heterocycles. The zero-order valence-electron chi connectivity index (χ0n) is 12.2. The maximum atomic E-state index is 5.91. The number of nitrogens with zero attached hydrogens (tertiary/aromatic N) is 3. The van der Waals surface area contributed by atoms with Gasteiger partial charge in [-0.3, -0.25) is 0 Å². The van der Waals surface area contributed by atoms with Crippen LogP contribution in [0.2, 0.25) is 0 Å². The molecule has 2 aromatic rings. The van der Waals surface area contributed by atoms with E-state index >= 15 is 0 Å². The van der Waals surface area contributed by atoms with Crippen LogP contribution in [0.5, 0.6) is 11.8 Å². The summed E-state index contributed by atoms with van der Waals surface area (Å²) in [5, 5.41) is 4.27. The fourth-order valence-corrected chi connectivity index (χ4v) is 2.80. The predicted octanol–water partition coefficient (Wildman–Crippen LogP) is 2.43. The van der Waals surface area contributed by atoms with Crippen molar-refractivity contribution < 1.29 is 4.74 Å². The van der Waals surface area contributed by atoms with Crippen molar-refractivity contribution in [2.24, 2.45) is 12.8 Å². The minimum atomic E-state index is 0.310. The van der Waals surface area contributed by atoms with Crippen LogP contribution in [0, 0.1) is 6.92 Å². The van der Waals surface area contributed by atoms with E-state index in [4.69, 9.17) is 22.7 Å². The maximum Gasteiger partial charge on any atom is 0.231 e. The monoisotopic (exact) mass is 302 g/mol. The molecule has 0 atom stereocenters. The molecule has 0 amide bonds. The van der Waals surface area contributed by atoms with Gasteiger partial charge in [-0.1, -0.05) is 12.2 Å². The Morgan fingerprint density at radius 3 is 2.76 bits per heavy atom. The first-order chi connectivity index (χ1) is 10.0. The summed E-state index contributed by atoms with van der Waals surface area (Å²) in [4.78, 5) is 4.96. The minimum Gasteiger partial charge on any atom is -0.420 e. The smallest absolute Gasteiger partial charge is 0.231 e. The van der Waals surface area contributed by atoms with E-state index in [0.717, 1.165) is 30.7 Å². The molecule has 0 aliphatic heterocycles. The first kappa shape index (κ1) is 14.0. The van der Waals surface area contributed by atoms with Crippen LogP contribution in [-0.4, -0.2) is 19.8 Å². The Morgan fingerprint density at radius 2 is 2.10 bits per heavy atom. The molecule has 0 bridgehead atoms. The molecule has 110 valence electrons. The zero-order chi connectivity index (χ0) is 15.0. The highest BCUT2D eigenvalue weighted by molar-refractivity contribution is 7.80. The molecule has 5 nitrogen and oxygen atoms in total. The van der Waals surface area contributed by atoms with E-state index in [9.17, 15) is 0 Å². The molecule has 3 rings (SSSR count). The van der Waals surface area contributed by atoms with E-state index < -0.39 is 0 Å². The highest BCUT2D eigenvalue weighted by Crippen LogP contribution is 2.29. The number of nitrogens with two attached hydrogens (primary N) is 1. The molecule has 0 fully saturated rings. The van der Waals surface area contributed by atoms with E-state index in [1.165, 1.54) is 12.0 Å². The van der Waals surface area contributed by atoms with E-state index in [1.54, 1.807) is 4.68 Å². The number of pyridine rings is 1. The summed E-state index contributed by atoms with van der Waals surface area (Å²) in [5.41, 5.74) is 9.75. The van der Waals surface area contributed by atoms with E-state index in [2.05, 4.69) is 10.1 Å². The van der Waals surface area contributed by atoms with Crippen LogP contribution < -0.4 is 10.5 Å². The molecule has 2 aromatic heterocycles. The number of aryl methyl sites for hydroxylation is 4. The quantitative estimate of drug-likeness (QED) is 0.882. The minimum absolute atomic E-state index is 0.310. The number of rotatable bonds is 3. The fourth-order valence-electron chi connectivity index (χ4n) is 2.65. The van der Waals surface area contributed by atoms with Crippen LogP contribution >= 0.6 is 12.2 Å². The van der Waals surface area contributed by atoms with Crippen molar-refractivity contribution in [3.8, 4) is 11.8 Å². The standard InChI is InChI=1S/C15H18N4OS/c1-9-7-13(19(2)18-9)20-15-11(14(16)21)8-10-5-3-4-6-12(10)17-15/h7-8H,3-6H2,1-2H3,(H2,16,21). The van der Waals surface area contributed by atoms with Crippen molar-refractivity contribution in [1.82, 2.24) is 14.8 Å². The molecule has 1 aliphatic rings. The third-order valence-corrected chi connectivity index (χ3v) is 3.91. The summed E-state index contributed by atoms with van der Waals surface area (Å²) in [6, 6.07) is 3.90. The fraction of sp³-hybridized carbons (Fsp3) is 0.400. The molecule has 2 heterocycles. The number of hydrogen-bond donors (Lipinski definition) is 1. The average molecular weight is 302 g/mol. The zero-order valence-corrected chi connectivity index (χ0v) is 13.0. The highest BCUT2D eigenvalue weighted by atomic mass is 32.1.